The van der Waals surface area contributed by atoms with E-state index in [4.69, 9.17) is 4.74 Å². The van der Waals surface area contributed by atoms with E-state index in [-0.39, 0.29) is 35.0 Å². The van der Waals surface area contributed by atoms with Gasteiger partial charge in [-0.05, 0) is 77.4 Å². The molecule has 4 rings (SSSR count). The fourth-order valence-electron chi connectivity index (χ4n) is 4.78. The number of Topliss-reactive ketones (excluding diaryl/α,β-unsaturated/α-hetero) is 2. The third kappa shape index (κ3) is 8.01. The highest BCUT2D eigenvalue weighted by molar-refractivity contribution is 6.06. The Kier molecular flexibility index (Phi) is 9.51. The number of rotatable bonds is 12. The van der Waals surface area contributed by atoms with Crippen LogP contribution in [-0.2, 0) is 19.3 Å². The zero-order valence-corrected chi connectivity index (χ0v) is 24.0. The lowest BCUT2D eigenvalue weighted by Gasteiger charge is -2.11. The van der Waals surface area contributed by atoms with E-state index in [0.717, 1.165) is 28.9 Å². The molecule has 0 fully saturated rings. The number of carboxylic acid groups (broad SMARTS) is 1. The zero-order valence-electron chi connectivity index (χ0n) is 24.0. The highest BCUT2D eigenvalue weighted by Crippen LogP contribution is 2.24. The molecule has 0 saturated carbocycles. The molecule has 5 nitrogen and oxygen atoms in total. The lowest BCUT2D eigenvalue weighted by atomic mass is 9.93. The van der Waals surface area contributed by atoms with Gasteiger partial charge in [-0.1, -0.05) is 82.3 Å². The van der Waals surface area contributed by atoms with Crippen LogP contribution in [0.3, 0.4) is 0 Å². The van der Waals surface area contributed by atoms with Crippen molar-refractivity contribution in [2.24, 2.45) is 11.8 Å². The Bertz CT molecular complexity index is 1530. The van der Waals surface area contributed by atoms with Gasteiger partial charge in [-0.2, -0.15) is 0 Å². The van der Waals surface area contributed by atoms with E-state index in [2.05, 4.69) is 26.0 Å². The standard InChI is InChI=1S/C36H36O5/c1-23(2)18-25-8-13-30(14-9-25)41-31-15-10-26(11-16-31)22-34(37)32-17-12-28(21-33(32)36(39)40)19-27-6-5-7-29(20-27)35(38)24(3)4/h5-17,20-21,23-24H,18-19,22H2,1-4H3,(H,39,40). The summed E-state index contributed by atoms with van der Waals surface area (Å²) in [4.78, 5) is 37.6. The normalized spacial score (nSPS) is 11.1. The Hall–Kier alpha value is -4.51. The van der Waals surface area contributed by atoms with E-state index in [1.54, 1.807) is 24.3 Å². The summed E-state index contributed by atoms with van der Waals surface area (Å²) >= 11 is 0. The molecular weight excluding hydrogens is 512 g/mol. The van der Waals surface area contributed by atoms with Crippen LogP contribution in [0.5, 0.6) is 11.5 Å². The Labute approximate surface area is 241 Å². The number of carboxylic acids is 1. The van der Waals surface area contributed by atoms with E-state index in [1.807, 2.05) is 68.4 Å². The summed E-state index contributed by atoms with van der Waals surface area (Å²) in [6, 6.07) is 27.6. The molecule has 210 valence electrons. The van der Waals surface area contributed by atoms with E-state index in [9.17, 15) is 19.5 Å². The highest BCUT2D eigenvalue weighted by Gasteiger charge is 2.18. The first-order chi connectivity index (χ1) is 19.6. The number of aromatic carboxylic acids is 1. The second kappa shape index (κ2) is 13.2. The third-order valence-electron chi connectivity index (χ3n) is 6.85. The lowest BCUT2D eigenvalue weighted by Crippen LogP contribution is -2.12. The Morgan fingerprint density at radius 1 is 0.683 bits per heavy atom. The minimum Gasteiger partial charge on any atom is -0.478 e. The summed E-state index contributed by atoms with van der Waals surface area (Å²) in [5.41, 5.74) is 4.48. The van der Waals surface area contributed by atoms with Crippen LogP contribution in [0.1, 0.15) is 81.0 Å². The third-order valence-corrected chi connectivity index (χ3v) is 6.85. The van der Waals surface area contributed by atoms with Crippen molar-refractivity contribution in [3.05, 3.63) is 130 Å². The second-order valence-electron chi connectivity index (χ2n) is 11.2. The summed E-state index contributed by atoms with van der Waals surface area (Å²) in [6.45, 7) is 8.10. The van der Waals surface area contributed by atoms with Gasteiger partial charge in [-0.25, -0.2) is 4.79 Å². The van der Waals surface area contributed by atoms with Crippen LogP contribution in [0, 0.1) is 11.8 Å². The van der Waals surface area contributed by atoms with Crippen molar-refractivity contribution in [1.82, 2.24) is 0 Å². The number of carbonyl (C=O) groups is 3. The zero-order chi connectivity index (χ0) is 29.5. The molecule has 4 aromatic carbocycles. The molecule has 0 aliphatic carbocycles. The fraction of sp³-hybridized carbons (Fsp3) is 0.250. The van der Waals surface area contributed by atoms with Crippen molar-refractivity contribution in [3.8, 4) is 11.5 Å². The van der Waals surface area contributed by atoms with E-state index in [0.29, 0.717) is 23.7 Å². The number of ether oxygens (including phenoxy) is 1. The summed E-state index contributed by atoms with van der Waals surface area (Å²) in [5.74, 6) is 0.527. The van der Waals surface area contributed by atoms with Gasteiger partial charge in [0.2, 0.25) is 0 Å². The van der Waals surface area contributed by atoms with Crippen LogP contribution < -0.4 is 4.74 Å². The Morgan fingerprint density at radius 3 is 1.85 bits per heavy atom. The van der Waals surface area contributed by atoms with Gasteiger partial charge >= 0.3 is 5.97 Å². The summed E-state index contributed by atoms with van der Waals surface area (Å²) in [7, 11) is 0. The number of benzene rings is 4. The molecule has 0 heterocycles. The number of hydrogen-bond donors (Lipinski definition) is 1. The van der Waals surface area contributed by atoms with Crippen LogP contribution in [-0.4, -0.2) is 22.6 Å². The maximum atomic E-state index is 13.1. The topological polar surface area (TPSA) is 80.7 Å². The molecule has 0 radical (unpaired) electrons. The van der Waals surface area contributed by atoms with Crippen LogP contribution in [0.15, 0.2) is 91.0 Å². The molecule has 0 saturated heterocycles. The quantitative estimate of drug-likeness (QED) is 0.180. The molecular formula is C36H36O5. The first kappa shape index (κ1) is 29.5. The molecule has 0 amide bonds. The van der Waals surface area contributed by atoms with Crippen molar-refractivity contribution in [3.63, 3.8) is 0 Å². The van der Waals surface area contributed by atoms with Crippen molar-refractivity contribution < 1.29 is 24.2 Å². The molecule has 5 heteroatoms. The van der Waals surface area contributed by atoms with Crippen molar-refractivity contribution in [2.45, 2.75) is 47.0 Å². The second-order valence-corrected chi connectivity index (χ2v) is 11.2. The smallest absolute Gasteiger partial charge is 0.336 e. The van der Waals surface area contributed by atoms with Gasteiger partial charge in [0, 0.05) is 23.5 Å². The summed E-state index contributed by atoms with van der Waals surface area (Å²) in [6.07, 6.45) is 1.54. The highest BCUT2D eigenvalue weighted by atomic mass is 16.5. The van der Waals surface area contributed by atoms with Gasteiger partial charge in [-0.3, -0.25) is 9.59 Å². The first-order valence-corrected chi connectivity index (χ1v) is 14.0. The Morgan fingerprint density at radius 2 is 1.27 bits per heavy atom. The molecule has 0 atom stereocenters. The van der Waals surface area contributed by atoms with Gasteiger partial charge in [0.25, 0.3) is 0 Å². The average molecular weight is 549 g/mol. The molecule has 0 spiro atoms. The first-order valence-electron chi connectivity index (χ1n) is 14.0. The van der Waals surface area contributed by atoms with Gasteiger partial charge in [-0.15, -0.1) is 0 Å². The number of ketones is 2. The van der Waals surface area contributed by atoms with E-state index in [1.165, 1.54) is 5.56 Å². The predicted octanol–water partition coefficient (Wildman–Crippen LogP) is 8.23. The van der Waals surface area contributed by atoms with Gasteiger partial charge in [0.05, 0.1) is 5.56 Å². The van der Waals surface area contributed by atoms with E-state index >= 15 is 0 Å². The maximum absolute atomic E-state index is 13.1. The van der Waals surface area contributed by atoms with Crippen molar-refractivity contribution in [2.75, 3.05) is 0 Å². The predicted molar refractivity (Wildman–Crippen MR) is 161 cm³/mol. The van der Waals surface area contributed by atoms with Crippen LogP contribution in [0.4, 0.5) is 0 Å². The van der Waals surface area contributed by atoms with Crippen LogP contribution in [0.2, 0.25) is 0 Å². The molecule has 1 N–H and O–H groups in total. The minimum absolute atomic E-state index is 0.0252. The molecule has 41 heavy (non-hydrogen) atoms. The monoisotopic (exact) mass is 548 g/mol. The van der Waals surface area contributed by atoms with Crippen molar-refractivity contribution >= 4 is 17.5 Å². The summed E-state index contributed by atoms with van der Waals surface area (Å²) < 4.78 is 5.95. The molecule has 4 aromatic rings. The molecule has 0 bridgehead atoms. The van der Waals surface area contributed by atoms with Crippen molar-refractivity contribution in [1.29, 1.82) is 0 Å². The van der Waals surface area contributed by atoms with Gasteiger partial charge in [0.1, 0.15) is 11.5 Å². The van der Waals surface area contributed by atoms with Gasteiger partial charge in [0.15, 0.2) is 11.6 Å². The van der Waals surface area contributed by atoms with Crippen LogP contribution >= 0.6 is 0 Å². The van der Waals surface area contributed by atoms with Crippen LogP contribution in [0.25, 0.3) is 0 Å². The molecule has 0 aliphatic heterocycles. The summed E-state index contributed by atoms with van der Waals surface area (Å²) in [5, 5.41) is 9.87. The Balaban J connectivity index is 1.43. The lowest BCUT2D eigenvalue weighted by molar-refractivity contribution is 0.0691. The SMILES string of the molecule is CC(C)Cc1ccc(Oc2ccc(CC(=O)c3ccc(Cc4cccc(C(=O)C(C)C)c4)cc3C(=O)O)cc2)cc1. The largest absolute Gasteiger partial charge is 0.478 e. The molecule has 0 aromatic heterocycles. The molecule has 0 aliphatic rings. The average Bonchev–Trinajstić information content (AvgIpc) is 2.94. The number of hydrogen-bond acceptors (Lipinski definition) is 4. The van der Waals surface area contributed by atoms with Gasteiger partial charge < -0.3 is 9.84 Å². The maximum Gasteiger partial charge on any atom is 0.336 e. The fourth-order valence-corrected chi connectivity index (χ4v) is 4.78. The van der Waals surface area contributed by atoms with E-state index < -0.39 is 5.97 Å². The molecule has 0 unspecified atom stereocenters. The minimum atomic E-state index is -1.15. The number of carbonyl (C=O) groups excluding carboxylic acids is 2.